The molecule has 1 unspecified atom stereocenters. The van der Waals surface area contributed by atoms with E-state index in [1.54, 1.807) is 0 Å². The highest BCUT2D eigenvalue weighted by Crippen LogP contribution is 2.39. The van der Waals surface area contributed by atoms with Crippen LogP contribution in [0.15, 0.2) is 0 Å². The quantitative estimate of drug-likeness (QED) is 0.752. The van der Waals surface area contributed by atoms with Crippen molar-refractivity contribution in [3.05, 3.63) is 0 Å². The van der Waals surface area contributed by atoms with Crippen LogP contribution in [0.25, 0.3) is 0 Å². The van der Waals surface area contributed by atoms with Gasteiger partial charge in [0.1, 0.15) is 0 Å². The first kappa shape index (κ1) is 13.0. The van der Waals surface area contributed by atoms with Crippen molar-refractivity contribution in [1.29, 1.82) is 0 Å². The Morgan fingerprint density at radius 2 is 1.73 bits per heavy atom. The summed E-state index contributed by atoms with van der Waals surface area (Å²) in [6, 6.07) is 0.518. The maximum Gasteiger partial charge on any atom is 0.0772 e. The Bertz CT molecular complexity index is 191. The van der Waals surface area contributed by atoms with E-state index in [2.05, 4.69) is 33.0 Å². The van der Waals surface area contributed by atoms with Gasteiger partial charge in [0.15, 0.2) is 0 Å². The third-order valence-corrected chi connectivity index (χ3v) is 3.93. The van der Waals surface area contributed by atoms with Crippen LogP contribution in [0, 0.1) is 5.41 Å². The summed E-state index contributed by atoms with van der Waals surface area (Å²) in [5.41, 5.74) is -0.0123. The molecule has 1 saturated carbocycles. The van der Waals surface area contributed by atoms with Gasteiger partial charge in [-0.3, -0.25) is 0 Å². The van der Waals surface area contributed by atoms with Crippen molar-refractivity contribution in [3.8, 4) is 0 Å². The fourth-order valence-corrected chi connectivity index (χ4v) is 2.08. The number of hydrogen-bond donors (Lipinski definition) is 2. The Hall–Kier alpha value is -0.0800. The van der Waals surface area contributed by atoms with Crippen molar-refractivity contribution in [1.82, 2.24) is 5.32 Å². The lowest BCUT2D eigenvalue weighted by Crippen LogP contribution is -2.47. The molecule has 1 fully saturated rings. The van der Waals surface area contributed by atoms with E-state index in [0.29, 0.717) is 11.5 Å². The first-order valence-corrected chi connectivity index (χ1v) is 6.33. The fraction of sp³-hybridized carbons (Fsp3) is 1.00. The van der Waals surface area contributed by atoms with Crippen LogP contribution < -0.4 is 5.32 Å². The first-order valence-electron chi connectivity index (χ1n) is 6.33. The first-order chi connectivity index (χ1) is 6.87. The molecule has 0 radical (unpaired) electrons. The minimum atomic E-state index is -0.445. The Morgan fingerprint density at radius 1 is 1.20 bits per heavy atom. The van der Waals surface area contributed by atoms with Gasteiger partial charge in [-0.15, -0.1) is 0 Å². The van der Waals surface area contributed by atoms with Gasteiger partial charge in [-0.1, -0.05) is 20.8 Å². The predicted octanol–water partition coefficient (Wildman–Crippen LogP) is 2.71. The van der Waals surface area contributed by atoms with Crippen LogP contribution in [0.2, 0.25) is 0 Å². The van der Waals surface area contributed by atoms with Gasteiger partial charge < -0.3 is 10.4 Å². The molecule has 1 rings (SSSR count). The van der Waals surface area contributed by atoms with Gasteiger partial charge in [-0.05, 0) is 44.4 Å². The molecular weight excluding hydrogens is 186 g/mol. The molecule has 2 heteroatoms. The molecule has 2 nitrogen and oxygen atoms in total. The Morgan fingerprint density at radius 3 is 2.20 bits per heavy atom. The van der Waals surface area contributed by atoms with Crippen molar-refractivity contribution in [2.45, 2.75) is 71.4 Å². The zero-order chi connectivity index (χ0) is 11.5. The van der Waals surface area contributed by atoms with Crippen LogP contribution in [0.5, 0.6) is 0 Å². The van der Waals surface area contributed by atoms with Crippen molar-refractivity contribution in [3.63, 3.8) is 0 Å². The Balaban J connectivity index is 2.35. The van der Waals surface area contributed by atoms with Gasteiger partial charge in [-0.2, -0.15) is 0 Å². The zero-order valence-electron chi connectivity index (χ0n) is 10.8. The highest BCUT2D eigenvalue weighted by atomic mass is 16.3. The number of nitrogens with one attached hydrogen (secondary N) is 1. The lowest BCUT2D eigenvalue weighted by molar-refractivity contribution is -0.0258. The van der Waals surface area contributed by atoms with E-state index in [9.17, 15) is 5.11 Å². The van der Waals surface area contributed by atoms with Gasteiger partial charge >= 0.3 is 0 Å². The summed E-state index contributed by atoms with van der Waals surface area (Å²) in [5, 5.41) is 13.8. The molecule has 0 heterocycles. The second-order valence-electron chi connectivity index (χ2n) is 6.08. The zero-order valence-corrected chi connectivity index (χ0v) is 10.8. The fourth-order valence-electron chi connectivity index (χ4n) is 2.08. The summed E-state index contributed by atoms with van der Waals surface area (Å²) in [4.78, 5) is 0. The average molecular weight is 213 g/mol. The van der Waals surface area contributed by atoms with Crippen LogP contribution in [0.4, 0.5) is 0 Å². The third-order valence-electron chi connectivity index (χ3n) is 3.93. The maximum absolute atomic E-state index is 10.4. The summed E-state index contributed by atoms with van der Waals surface area (Å²) in [5.74, 6) is 0. The van der Waals surface area contributed by atoms with E-state index in [-0.39, 0.29) is 0 Å². The minimum absolute atomic E-state index is 0.433. The average Bonchev–Trinajstić information content (AvgIpc) is 2.20. The molecule has 15 heavy (non-hydrogen) atoms. The van der Waals surface area contributed by atoms with Crippen molar-refractivity contribution in [2.24, 2.45) is 5.41 Å². The van der Waals surface area contributed by atoms with Crippen molar-refractivity contribution in [2.75, 3.05) is 6.54 Å². The molecule has 0 aromatic rings. The van der Waals surface area contributed by atoms with Crippen LogP contribution in [0.3, 0.4) is 0 Å². The topological polar surface area (TPSA) is 32.3 Å². The number of aliphatic hydroxyl groups is 1. The van der Waals surface area contributed by atoms with Gasteiger partial charge in [0.2, 0.25) is 0 Å². The lowest BCUT2D eigenvalue weighted by Gasteiger charge is -2.40. The van der Waals surface area contributed by atoms with Gasteiger partial charge in [0.25, 0.3) is 0 Å². The van der Waals surface area contributed by atoms with Crippen LogP contribution in [-0.4, -0.2) is 23.3 Å². The number of hydrogen-bond acceptors (Lipinski definition) is 2. The summed E-state index contributed by atoms with van der Waals surface area (Å²) in [6.07, 6.45) is 5.31. The molecule has 0 saturated heterocycles. The molecule has 0 bridgehead atoms. The highest BCUT2D eigenvalue weighted by molar-refractivity contribution is 4.90. The largest absolute Gasteiger partial charge is 0.389 e. The molecule has 1 aliphatic rings. The molecule has 0 amide bonds. The predicted molar refractivity (Wildman–Crippen MR) is 65.0 cm³/mol. The highest BCUT2D eigenvalue weighted by Gasteiger charge is 2.36. The van der Waals surface area contributed by atoms with Crippen LogP contribution >= 0.6 is 0 Å². The molecule has 0 aliphatic heterocycles. The summed E-state index contributed by atoms with van der Waals surface area (Å²) < 4.78 is 0. The van der Waals surface area contributed by atoms with Crippen molar-refractivity contribution < 1.29 is 5.11 Å². The molecule has 0 aromatic heterocycles. The SMILES string of the molecule is CCC(C)NCC1(O)CCC(C)(C)CC1. The summed E-state index contributed by atoms with van der Waals surface area (Å²) in [7, 11) is 0. The van der Waals surface area contributed by atoms with E-state index in [1.807, 2.05) is 0 Å². The normalized spacial score (nSPS) is 26.2. The van der Waals surface area contributed by atoms with E-state index in [1.165, 1.54) is 0 Å². The van der Waals surface area contributed by atoms with Gasteiger partial charge in [-0.25, -0.2) is 0 Å². The van der Waals surface area contributed by atoms with E-state index >= 15 is 0 Å². The second kappa shape index (κ2) is 4.84. The Kier molecular flexibility index (Phi) is 4.19. The third kappa shape index (κ3) is 4.12. The molecule has 0 spiro atoms. The number of rotatable bonds is 4. The van der Waals surface area contributed by atoms with E-state index in [0.717, 1.165) is 38.6 Å². The van der Waals surface area contributed by atoms with Crippen molar-refractivity contribution >= 4 is 0 Å². The molecule has 2 N–H and O–H groups in total. The smallest absolute Gasteiger partial charge is 0.0772 e. The van der Waals surface area contributed by atoms with Gasteiger partial charge in [0.05, 0.1) is 5.60 Å². The molecule has 1 atom stereocenters. The van der Waals surface area contributed by atoms with Crippen LogP contribution in [0.1, 0.15) is 59.8 Å². The maximum atomic E-state index is 10.4. The molecule has 1 aliphatic carbocycles. The molecule has 0 aromatic carbocycles. The lowest BCUT2D eigenvalue weighted by atomic mass is 9.71. The standard InChI is InChI=1S/C13H27NO/c1-5-11(2)14-10-13(15)8-6-12(3,4)7-9-13/h11,14-15H,5-10H2,1-4H3. The summed E-state index contributed by atoms with van der Waals surface area (Å²) >= 11 is 0. The monoisotopic (exact) mass is 213 g/mol. The van der Waals surface area contributed by atoms with Gasteiger partial charge in [0, 0.05) is 12.6 Å². The van der Waals surface area contributed by atoms with Crippen LogP contribution in [-0.2, 0) is 0 Å². The van der Waals surface area contributed by atoms with E-state index < -0.39 is 5.60 Å². The molecule has 90 valence electrons. The van der Waals surface area contributed by atoms with E-state index in [4.69, 9.17) is 0 Å². The summed E-state index contributed by atoms with van der Waals surface area (Å²) in [6.45, 7) is 9.71. The second-order valence-corrected chi connectivity index (χ2v) is 6.08. The Labute approximate surface area is 94.5 Å². The minimum Gasteiger partial charge on any atom is -0.389 e. The molecular formula is C13H27NO.